The van der Waals surface area contributed by atoms with E-state index < -0.39 is 5.97 Å². The molecule has 0 aromatic carbocycles. The van der Waals surface area contributed by atoms with E-state index >= 15 is 0 Å². The molecular weight excluding hydrogens is 292 g/mol. The van der Waals surface area contributed by atoms with Crippen molar-refractivity contribution in [1.82, 2.24) is 19.9 Å². The van der Waals surface area contributed by atoms with E-state index in [1.54, 1.807) is 16.2 Å². The number of carboxylic acid groups (broad SMARTS) is 1. The first-order valence-electron chi connectivity index (χ1n) is 6.48. The number of rotatable bonds is 8. The molecule has 2 aromatic rings. The van der Waals surface area contributed by atoms with Gasteiger partial charge in [0.1, 0.15) is 0 Å². The molecule has 0 unspecified atom stereocenters. The fourth-order valence-electron chi connectivity index (χ4n) is 1.77. The molecule has 0 spiro atoms. The van der Waals surface area contributed by atoms with Gasteiger partial charge in [0, 0.05) is 24.0 Å². The quantitative estimate of drug-likeness (QED) is 0.785. The van der Waals surface area contributed by atoms with Gasteiger partial charge in [-0.2, -0.15) is 16.3 Å². The van der Waals surface area contributed by atoms with Crippen molar-refractivity contribution in [3.8, 4) is 11.4 Å². The van der Waals surface area contributed by atoms with Gasteiger partial charge in [-0.05, 0) is 25.5 Å². The Morgan fingerprint density at radius 1 is 1.43 bits per heavy atom. The molecule has 0 saturated heterocycles. The maximum absolute atomic E-state index is 10.9. The zero-order chi connectivity index (χ0) is 15.2. The molecule has 0 bridgehead atoms. The molecular formula is C13H18N4O3S. The summed E-state index contributed by atoms with van der Waals surface area (Å²) in [5, 5.41) is 16.8. The molecule has 8 heteroatoms. The van der Waals surface area contributed by atoms with E-state index in [0.29, 0.717) is 24.8 Å². The summed E-state index contributed by atoms with van der Waals surface area (Å²) in [6, 6.07) is 1.92. The summed E-state index contributed by atoms with van der Waals surface area (Å²) in [7, 11) is 3.89. The fourth-order valence-corrected chi connectivity index (χ4v) is 2.40. The number of nitrogens with zero attached hydrogens (tertiary/aromatic N) is 4. The number of hydrogen-bond acceptors (Lipinski definition) is 7. The molecule has 0 aliphatic rings. The number of aliphatic carboxylic acids is 1. The average Bonchev–Trinajstić information content (AvgIpc) is 3.05. The second-order valence-electron chi connectivity index (χ2n) is 4.93. The van der Waals surface area contributed by atoms with Crippen LogP contribution in [0.3, 0.4) is 0 Å². The van der Waals surface area contributed by atoms with Crippen molar-refractivity contribution in [2.75, 3.05) is 33.7 Å². The molecule has 2 heterocycles. The van der Waals surface area contributed by atoms with Gasteiger partial charge in [-0.15, -0.1) is 0 Å². The van der Waals surface area contributed by atoms with Crippen molar-refractivity contribution < 1.29 is 14.4 Å². The standard InChI is InChI=1S/C13H18N4O3S/c1-16(2)4-5-17(8-12(18)19)7-11-14-13(15-20-11)10-3-6-21-9-10/h3,6,9H,4-5,7-8H2,1-2H3,(H,18,19). The Labute approximate surface area is 126 Å². The Morgan fingerprint density at radius 2 is 2.24 bits per heavy atom. The van der Waals surface area contributed by atoms with Crippen LogP contribution >= 0.6 is 11.3 Å². The van der Waals surface area contributed by atoms with Crippen molar-refractivity contribution in [1.29, 1.82) is 0 Å². The molecule has 0 fully saturated rings. The van der Waals surface area contributed by atoms with Crippen molar-refractivity contribution in [3.63, 3.8) is 0 Å². The summed E-state index contributed by atoms with van der Waals surface area (Å²) in [6.07, 6.45) is 0. The lowest BCUT2D eigenvalue weighted by Crippen LogP contribution is -2.35. The van der Waals surface area contributed by atoms with E-state index in [-0.39, 0.29) is 6.54 Å². The second kappa shape index (κ2) is 7.30. The van der Waals surface area contributed by atoms with Crippen LogP contribution in [0.25, 0.3) is 11.4 Å². The number of likely N-dealkylation sites (N-methyl/N-ethyl adjacent to an activating group) is 1. The third-order valence-corrected chi connectivity index (χ3v) is 3.51. The van der Waals surface area contributed by atoms with E-state index in [1.165, 1.54) is 0 Å². The van der Waals surface area contributed by atoms with Gasteiger partial charge in [-0.3, -0.25) is 9.69 Å². The van der Waals surface area contributed by atoms with Gasteiger partial charge in [-0.1, -0.05) is 5.16 Å². The molecule has 1 N–H and O–H groups in total. The summed E-state index contributed by atoms with van der Waals surface area (Å²) in [5.74, 6) is 0.0941. The normalized spacial score (nSPS) is 11.4. The zero-order valence-electron chi connectivity index (χ0n) is 12.0. The number of hydrogen-bond donors (Lipinski definition) is 1. The number of aromatic nitrogens is 2. The molecule has 2 aromatic heterocycles. The minimum atomic E-state index is -0.869. The van der Waals surface area contributed by atoms with Crippen LogP contribution in [0.4, 0.5) is 0 Å². The van der Waals surface area contributed by atoms with Crippen LogP contribution in [0, 0.1) is 0 Å². The molecule has 21 heavy (non-hydrogen) atoms. The smallest absolute Gasteiger partial charge is 0.317 e. The lowest BCUT2D eigenvalue weighted by atomic mass is 10.3. The third kappa shape index (κ3) is 4.92. The van der Waals surface area contributed by atoms with Gasteiger partial charge in [0.25, 0.3) is 0 Å². The largest absolute Gasteiger partial charge is 0.480 e. The molecule has 0 saturated carbocycles. The predicted molar refractivity (Wildman–Crippen MR) is 79.1 cm³/mol. The van der Waals surface area contributed by atoms with Gasteiger partial charge < -0.3 is 14.5 Å². The second-order valence-corrected chi connectivity index (χ2v) is 5.71. The first kappa shape index (κ1) is 15.6. The highest BCUT2D eigenvalue weighted by Gasteiger charge is 2.15. The summed E-state index contributed by atoms with van der Waals surface area (Å²) in [6.45, 7) is 1.66. The topological polar surface area (TPSA) is 82.7 Å². The third-order valence-electron chi connectivity index (χ3n) is 2.83. The van der Waals surface area contributed by atoms with E-state index in [4.69, 9.17) is 9.63 Å². The van der Waals surface area contributed by atoms with Crippen molar-refractivity contribution in [2.24, 2.45) is 0 Å². The Morgan fingerprint density at radius 3 is 2.86 bits per heavy atom. The Kier molecular flexibility index (Phi) is 5.43. The fraction of sp³-hybridized carbons (Fsp3) is 0.462. The maximum Gasteiger partial charge on any atom is 0.317 e. The van der Waals surface area contributed by atoms with Gasteiger partial charge in [-0.25, -0.2) is 0 Å². The van der Waals surface area contributed by atoms with Crippen LogP contribution in [0.15, 0.2) is 21.3 Å². The molecule has 0 atom stereocenters. The van der Waals surface area contributed by atoms with Crippen LogP contribution in [0.2, 0.25) is 0 Å². The summed E-state index contributed by atoms with van der Waals surface area (Å²) >= 11 is 1.56. The van der Waals surface area contributed by atoms with Crippen LogP contribution < -0.4 is 0 Å². The van der Waals surface area contributed by atoms with Gasteiger partial charge in [0.2, 0.25) is 11.7 Å². The number of thiophene rings is 1. The summed E-state index contributed by atoms with van der Waals surface area (Å²) < 4.78 is 5.20. The highest BCUT2D eigenvalue weighted by Crippen LogP contribution is 2.19. The van der Waals surface area contributed by atoms with Crippen LogP contribution in [0.1, 0.15) is 5.89 Å². The minimum Gasteiger partial charge on any atom is -0.480 e. The lowest BCUT2D eigenvalue weighted by Gasteiger charge is -2.20. The SMILES string of the molecule is CN(C)CCN(CC(=O)O)Cc1nc(-c2ccsc2)no1. The summed E-state index contributed by atoms with van der Waals surface area (Å²) in [4.78, 5) is 19.0. The first-order chi connectivity index (χ1) is 10.0. The minimum absolute atomic E-state index is 0.0516. The molecule has 0 aliphatic heterocycles. The van der Waals surface area contributed by atoms with Crippen molar-refractivity contribution in [3.05, 3.63) is 22.7 Å². The molecule has 2 rings (SSSR count). The maximum atomic E-state index is 10.9. The molecule has 7 nitrogen and oxygen atoms in total. The Hall–Kier alpha value is -1.77. The Bertz CT molecular complexity index is 568. The van der Waals surface area contributed by atoms with Crippen molar-refractivity contribution >= 4 is 17.3 Å². The van der Waals surface area contributed by atoms with E-state index in [2.05, 4.69) is 10.1 Å². The van der Waals surface area contributed by atoms with Crippen LogP contribution in [-0.2, 0) is 11.3 Å². The Balaban J connectivity index is 2.00. The van der Waals surface area contributed by atoms with Crippen LogP contribution in [0.5, 0.6) is 0 Å². The molecule has 0 radical (unpaired) electrons. The lowest BCUT2D eigenvalue weighted by molar-refractivity contribution is -0.138. The number of carboxylic acids is 1. The van der Waals surface area contributed by atoms with Gasteiger partial charge in [0.15, 0.2) is 0 Å². The molecule has 114 valence electrons. The first-order valence-corrected chi connectivity index (χ1v) is 7.43. The van der Waals surface area contributed by atoms with E-state index in [9.17, 15) is 4.79 Å². The predicted octanol–water partition coefficient (Wildman–Crippen LogP) is 1.25. The number of carbonyl (C=O) groups is 1. The van der Waals surface area contributed by atoms with Gasteiger partial charge >= 0.3 is 5.97 Å². The molecule has 0 amide bonds. The van der Waals surface area contributed by atoms with E-state index in [0.717, 1.165) is 12.1 Å². The van der Waals surface area contributed by atoms with Crippen molar-refractivity contribution in [2.45, 2.75) is 6.54 Å². The highest BCUT2D eigenvalue weighted by molar-refractivity contribution is 7.08. The highest BCUT2D eigenvalue weighted by atomic mass is 32.1. The average molecular weight is 310 g/mol. The summed E-state index contributed by atoms with van der Waals surface area (Å²) in [5.41, 5.74) is 0.910. The van der Waals surface area contributed by atoms with Crippen LogP contribution in [-0.4, -0.2) is 64.7 Å². The van der Waals surface area contributed by atoms with Gasteiger partial charge in [0.05, 0.1) is 13.1 Å². The molecule has 0 aliphatic carbocycles. The zero-order valence-corrected chi connectivity index (χ0v) is 12.8. The van der Waals surface area contributed by atoms with E-state index in [1.807, 2.05) is 35.8 Å². The monoisotopic (exact) mass is 310 g/mol.